The van der Waals surface area contributed by atoms with Gasteiger partial charge in [-0.05, 0) is 0 Å². The van der Waals surface area contributed by atoms with Crippen molar-refractivity contribution >= 4 is 30.9 Å². The first-order valence-electron chi connectivity index (χ1n) is 3.20. The quantitative estimate of drug-likeness (QED) is 0.317. The summed E-state index contributed by atoms with van der Waals surface area (Å²) in [7, 11) is -4.64. The molecule has 0 spiro atoms. The Bertz CT molecular complexity index is 83.3. The van der Waals surface area contributed by atoms with Crippen LogP contribution in [0.2, 0.25) is 0 Å². The van der Waals surface area contributed by atoms with Gasteiger partial charge in [-0.1, -0.05) is 13.8 Å². The van der Waals surface area contributed by atoms with Gasteiger partial charge in [0.1, 0.15) is 0 Å². The summed E-state index contributed by atoms with van der Waals surface area (Å²) in [4.78, 5) is 21.6. The van der Waals surface area contributed by atoms with E-state index in [1.807, 2.05) is 13.8 Å². The van der Waals surface area contributed by atoms with Crippen LogP contribution in [0, 0.1) is 13.8 Å². The molecule has 0 unspecified atom stereocenters. The maximum absolute atomic E-state index is 8.88. The van der Waals surface area contributed by atoms with E-state index >= 15 is 0 Å². The predicted octanol–water partition coefficient (Wildman–Crippen LogP) is 1.15. The minimum atomic E-state index is -4.64. The number of hydrogen-bond acceptors (Lipinski definition) is 1. The van der Waals surface area contributed by atoms with Gasteiger partial charge in [0, 0.05) is 0 Å². The molecular weight excluding hydrogens is 191 g/mol. The van der Waals surface area contributed by atoms with Crippen molar-refractivity contribution in [1.29, 1.82) is 0 Å². The zero-order chi connectivity index (χ0) is 9.91. The number of phosphoric acid groups is 1. The van der Waals surface area contributed by atoms with E-state index in [4.69, 9.17) is 19.2 Å². The molecule has 0 heterocycles. The molecule has 0 rings (SSSR count). The van der Waals surface area contributed by atoms with Gasteiger partial charge in [-0.25, -0.2) is 4.57 Å². The smallest absolute Gasteiger partial charge is 0.344 e. The third-order valence-electron chi connectivity index (χ3n) is 0. The second-order valence-electron chi connectivity index (χ2n) is 1.51. The van der Waals surface area contributed by atoms with Crippen molar-refractivity contribution in [2.45, 2.75) is 26.7 Å². The Morgan fingerprint density at radius 3 is 1.08 bits per heavy atom. The van der Waals surface area contributed by atoms with Crippen molar-refractivity contribution in [2.24, 2.45) is 0 Å². The summed E-state index contributed by atoms with van der Waals surface area (Å²) in [5.74, 6) is 0. The molecule has 0 fully saturated rings. The fraction of sp³-hybridized carbons (Fsp3) is 0.667. The summed E-state index contributed by atoms with van der Waals surface area (Å²) in [6.07, 6.45) is 2.00. The molecule has 0 saturated heterocycles. The largest absolute Gasteiger partial charge is 2.00 e. The molecule has 0 bridgehead atoms. The van der Waals surface area contributed by atoms with E-state index in [2.05, 4.69) is 13.8 Å². The molecule has 0 aliphatic carbocycles. The molecular formula is C6H17MgO4P. The Morgan fingerprint density at radius 1 is 1.08 bits per heavy atom. The number of hydrogen-bond donors (Lipinski definition) is 3. The summed E-state index contributed by atoms with van der Waals surface area (Å²) >= 11 is 0. The van der Waals surface area contributed by atoms with Crippen LogP contribution in [0.4, 0.5) is 0 Å². The van der Waals surface area contributed by atoms with Crippen LogP contribution >= 0.6 is 7.82 Å². The van der Waals surface area contributed by atoms with Crippen LogP contribution in [0.15, 0.2) is 0 Å². The topological polar surface area (TPSA) is 77.8 Å². The van der Waals surface area contributed by atoms with Crippen molar-refractivity contribution in [2.75, 3.05) is 0 Å². The summed E-state index contributed by atoms with van der Waals surface area (Å²) in [6, 6.07) is 0. The Morgan fingerprint density at radius 2 is 1.08 bits per heavy atom. The van der Waals surface area contributed by atoms with Crippen molar-refractivity contribution in [3.63, 3.8) is 0 Å². The van der Waals surface area contributed by atoms with Gasteiger partial charge < -0.3 is 28.5 Å². The molecule has 0 aromatic carbocycles. The van der Waals surface area contributed by atoms with Crippen molar-refractivity contribution in [1.82, 2.24) is 0 Å². The zero-order valence-electron chi connectivity index (χ0n) is 7.73. The standard InChI is InChI=1S/2C3H7.Mg.H3O4P/c2*1-3-2;;1-5(2,3)4/h2*1,3H2,2H3;;(H3,1,2,3,4)/q2*-1;+2;. The van der Waals surface area contributed by atoms with Crippen LogP contribution in [0.3, 0.4) is 0 Å². The van der Waals surface area contributed by atoms with Gasteiger partial charge in [0.2, 0.25) is 0 Å². The van der Waals surface area contributed by atoms with Gasteiger partial charge in [-0.15, -0.1) is 0 Å². The Labute approximate surface area is 90.8 Å². The van der Waals surface area contributed by atoms with Crippen molar-refractivity contribution in [3.05, 3.63) is 13.8 Å². The van der Waals surface area contributed by atoms with Gasteiger partial charge in [-0.3, -0.25) is 0 Å². The molecule has 0 radical (unpaired) electrons. The monoisotopic (exact) mass is 208 g/mol. The SMILES string of the molecule is O=P(O)(O)O.[CH2-]CC.[CH2-]CC.[Mg+2]. The van der Waals surface area contributed by atoms with E-state index in [-0.39, 0.29) is 23.1 Å². The summed E-state index contributed by atoms with van der Waals surface area (Å²) < 4.78 is 8.88. The average Bonchev–Trinajstić information content (AvgIpc) is 1.62. The van der Waals surface area contributed by atoms with Gasteiger partial charge in [0.05, 0.1) is 0 Å². The normalized spacial score (nSPS) is 7.92. The first kappa shape index (κ1) is 23.1. The molecule has 6 heteroatoms. The molecule has 4 nitrogen and oxygen atoms in total. The first-order valence-corrected chi connectivity index (χ1v) is 4.76. The third-order valence-corrected chi connectivity index (χ3v) is 0. The van der Waals surface area contributed by atoms with Crippen LogP contribution in [-0.4, -0.2) is 37.7 Å². The van der Waals surface area contributed by atoms with Gasteiger partial charge >= 0.3 is 30.9 Å². The van der Waals surface area contributed by atoms with E-state index < -0.39 is 7.82 Å². The van der Waals surface area contributed by atoms with Crippen LogP contribution in [0.5, 0.6) is 0 Å². The molecule has 0 aromatic rings. The van der Waals surface area contributed by atoms with Crippen LogP contribution in [0.25, 0.3) is 0 Å². The fourth-order valence-electron chi connectivity index (χ4n) is 0. The van der Waals surface area contributed by atoms with Gasteiger partial charge in [0.25, 0.3) is 0 Å². The Hall–Kier alpha value is 0.876. The molecule has 0 amide bonds. The van der Waals surface area contributed by atoms with Crippen LogP contribution in [0.1, 0.15) is 26.7 Å². The molecule has 0 aliphatic rings. The van der Waals surface area contributed by atoms with E-state index in [1.165, 1.54) is 0 Å². The van der Waals surface area contributed by atoms with Gasteiger partial charge in [-0.2, -0.15) is 12.8 Å². The fourth-order valence-corrected chi connectivity index (χ4v) is 0. The molecule has 12 heavy (non-hydrogen) atoms. The first-order chi connectivity index (χ1) is 4.83. The minimum absolute atomic E-state index is 0. The average molecular weight is 208 g/mol. The summed E-state index contributed by atoms with van der Waals surface area (Å²) in [5, 5.41) is 0. The van der Waals surface area contributed by atoms with Crippen molar-refractivity contribution in [3.8, 4) is 0 Å². The maximum atomic E-state index is 8.88. The second-order valence-corrected chi connectivity index (χ2v) is 2.54. The minimum Gasteiger partial charge on any atom is -0.344 e. The van der Waals surface area contributed by atoms with Gasteiger partial charge in [0.15, 0.2) is 0 Å². The van der Waals surface area contributed by atoms with Crippen molar-refractivity contribution < 1.29 is 19.2 Å². The maximum Gasteiger partial charge on any atom is 2.00 e. The van der Waals surface area contributed by atoms with E-state index in [0.29, 0.717) is 0 Å². The molecule has 0 aliphatic heterocycles. The summed E-state index contributed by atoms with van der Waals surface area (Å²) in [6.45, 7) is 11.0. The molecule has 72 valence electrons. The van der Waals surface area contributed by atoms with E-state index in [1.54, 1.807) is 0 Å². The summed E-state index contributed by atoms with van der Waals surface area (Å²) in [5.41, 5.74) is 0. The molecule has 0 atom stereocenters. The van der Waals surface area contributed by atoms with Crippen LogP contribution in [-0.2, 0) is 4.57 Å². The zero-order valence-corrected chi connectivity index (χ0v) is 10.0. The second kappa shape index (κ2) is 17.8. The van der Waals surface area contributed by atoms with E-state index in [9.17, 15) is 0 Å². The molecule has 3 N–H and O–H groups in total. The molecule has 0 saturated carbocycles. The predicted molar refractivity (Wildman–Crippen MR) is 51.3 cm³/mol. The Balaban J connectivity index is -0.0000000406. The van der Waals surface area contributed by atoms with E-state index in [0.717, 1.165) is 12.8 Å². The molecule has 0 aromatic heterocycles. The third kappa shape index (κ3) is 1380. The Kier molecular flexibility index (Phi) is 34.3. The van der Waals surface area contributed by atoms with Crippen LogP contribution < -0.4 is 0 Å². The number of rotatable bonds is 0.